The van der Waals surface area contributed by atoms with Gasteiger partial charge in [0.05, 0.1) is 18.8 Å². The highest BCUT2D eigenvalue weighted by Crippen LogP contribution is 2.24. The summed E-state index contributed by atoms with van der Waals surface area (Å²) in [6, 6.07) is 10.7. The van der Waals surface area contributed by atoms with Gasteiger partial charge < -0.3 is 15.8 Å². The fourth-order valence-electron chi connectivity index (χ4n) is 1.83. The number of hydrogen-bond acceptors (Lipinski definition) is 4. The molecule has 1 heterocycles. The van der Waals surface area contributed by atoms with Gasteiger partial charge in [-0.05, 0) is 31.2 Å². The molecule has 0 spiro atoms. The van der Waals surface area contributed by atoms with Crippen molar-refractivity contribution < 1.29 is 9.53 Å². The maximum Gasteiger partial charge on any atom is 0.257 e. The summed E-state index contributed by atoms with van der Waals surface area (Å²) in [5.74, 6) is 0.225. The van der Waals surface area contributed by atoms with E-state index < -0.39 is 0 Å². The lowest BCUT2D eigenvalue weighted by molar-refractivity contribution is 0.0947. The van der Waals surface area contributed by atoms with Crippen LogP contribution in [0.1, 0.15) is 23.0 Å². The molecular weight excluding hydrogens is 254 g/mol. The largest absolute Gasteiger partial charge is 0.493 e. The molecule has 0 atom stereocenters. The number of nitrogens with two attached hydrogens (primary N) is 1. The van der Waals surface area contributed by atoms with Crippen LogP contribution >= 0.6 is 0 Å². The number of nitrogens with zero attached hydrogens (tertiary/aromatic N) is 1. The molecule has 0 bridgehead atoms. The van der Waals surface area contributed by atoms with Crippen molar-refractivity contribution in [3.63, 3.8) is 0 Å². The molecule has 0 saturated carbocycles. The molecule has 0 aliphatic heterocycles. The Balaban J connectivity index is 2.13. The summed E-state index contributed by atoms with van der Waals surface area (Å²) in [6.45, 7) is 2.68. The first-order valence-electron chi connectivity index (χ1n) is 6.41. The number of carbonyl (C=O) groups is 1. The van der Waals surface area contributed by atoms with Crippen LogP contribution in [-0.2, 0) is 6.54 Å². The van der Waals surface area contributed by atoms with Crippen molar-refractivity contribution in [2.75, 3.05) is 12.3 Å². The third-order valence-corrected chi connectivity index (χ3v) is 2.74. The van der Waals surface area contributed by atoms with E-state index in [1.807, 2.05) is 25.1 Å². The Morgan fingerprint density at radius 1 is 1.30 bits per heavy atom. The highest BCUT2D eigenvalue weighted by Gasteiger charge is 2.15. The second-order valence-corrected chi connectivity index (χ2v) is 4.16. The fourth-order valence-corrected chi connectivity index (χ4v) is 1.83. The molecule has 3 N–H and O–H groups in total. The molecule has 2 aromatic rings. The first kappa shape index (κ1) is 13.9. The number of benzene rings is 1. The van der Waals surface area contributed by atoms with Gasteiger partial charge in [0.25, 0.3) is 5.91 Å². The number of anilines is 1. The van der Waals surface area contributed by atoms with Crippen LogP contribution < -0.4 is 15.8 Å². The molecule has 0 fully saturated rings. The van der Waals surface area contributed by atoms with Crippen LogP contribution in [0.15, 0.2) is 42.6 Å². The van der Waals surface area contributed by atoms with Crippen LogP contribution in [0.25, 0.3) is 0 Å². The predicted molar refractivity (Wildman–Crippen MR) is 77.4 cm³/mol. The summed E-state index contributed by atoms with van der Waals surface area (Å²) in [5, 5.41) is 2.79. The summed E-state index contributed by atoms with van der Waals surface area (Å²) in [5.41, 5.74) is 7.41. The second kappa shape index (κ2) is 6.56. The average Bonchev–Trinajstić information content (AvgIpc) is 2.46. The molecule has 5 nitrogen and oxygen atoms in total. The van der Waals surface area contributed by atoms with Gasteiger partial charge in [0.1, 0.15) is 11.3 Å². The standard InChI is InChI=1S/C15H17N3O2/c1-2-20-13-8-5-7-12(16)14(13)15(19)18-10-11-6-3-4-9-17-11/h3-9H,2,10,16H2,1H3,(H,18,19). The number of rotatable bonds is 5. The summed E-state index contributed by atoms with van der Waals surface area (Å²) in [4.78, 5) is 16.4. The molecule has 20 heavy (non-hydrogen) atoms. The van der Waals surface area contributed by atoms with Crippen LogP contribution in [0.2, 0.25) is 0 Å². The number of ether oxygens (including phenoxy) is 1. The van der Waals surface area contributed by atoms with Crippen molar-refractivity contribution in [2.24, 2.45) is 0 Å². The number of carbonyl (C=O) groups excluding carboxylic acids is 1. The Labute approximate surface area is 117 Å². The number of aromatic nitrogens is 1. The fraction of sp³-hybridized carbons (Fsp3) is 0.200. The van der Waals surface area contributed by atoms with Crippen molar-refractivity contribution in [1.29, 1.82) is 0 Å². The number of pyridine rings is 1. The molecule has 0 radical (unpaired) electrons. The molecule has 0 saturated heterocycles. The van der Waals surface area contributed by atoms with Crippen molar-refractivity contribution in [1.82, 2.24) is 10.3 Å². The molecule has 1 amide bonds. The zero-order valence-electron chi connectivity index (χ0n) is 11.3. The van der Waals surface area contributed by atoms with Gasteiger partial charge in [-0.25, -0.2) is 0 Å². The van der Waals surface area contributed by atoms with E-state index in [1.54, 1.807) is 24.4 Å². The molecule has 0 unspecified atom stereocenters. The number of nitrogen functional groups attached to an aromatic ring is 1. The topological polar surface area (TPSA) is 77.2 Å². The Kier molecular flexibility index (Phi) is 4.55. The molecule has 2 rings (SSSR count). The lowest BCUT2D eigenvalue weighted by Crippen LogP contribution is -2.25. The van der Waals surface area contributed by atoms with Crippen LogP contribution in [0.4, 0.5) is 5.69 Å². The minimum absolute atomic E-state index is 0.266. The Hall–Kier alpha value is -2.56. The van der Waals surface area contributed by atoms with Crippen molar-refractivity contribution in [3.05, 3.63) is 53.9 Å². The van der Waals surface area contributed by atoms with Crippen LogP contribution in [-0.4, -0.2) is 17.5 Å². The van der Waals surface area contributed by atoms with Gasteiger partial charge in [-0.1, -0.05) is 12.1 Å². The van der Waals surface area contributed by atoms with E-state index in [0.29, 0.717) is 30.2 Å². The first-order valence-corrected chi connectivity index (χ1v) is 6.41. The summed E-state index contributed by atoms with van der Waals surface area (Å²) < 4.78 is 5.43. The SMILES string of the molecule is CCOc1cccc(N)c1C(=O)NCc1ccccn1. The monoisotopic (exact) mass is 271 g/mol. The highest BCUT2D eigenvalue weighted by atomic mass is 16.5. The van der Waals surface area contributed by atoms with Crippen LogP contribution in [0.5, 0.6) is 5.75 Å². The lowest BCUT2D eigenvalue weighted by atomic mass is 10.1. The second-order valence-electron chi connectivity index (χ2n) is 4.16. The van der Waals surface area contributed by atoms with E-state index >= 15 is 0 Å². The van der Waals surface area contributed by atoms with Gasteiger partial charge in [0.2, 0.25) is 0 Å². The van der Waals surface area contributed by atoms with Gasteiger partial charge in [-0.3, -0.25) is 9.78 Å². The number of hydrogen-bond donors (Lipinski definition) is 2. The van der Waals surface area contributed by atoms with E-state index in [9.17, 15) is 4.79 Å². The van der Waals surface area contributed by atoms with Gasteiger partial charge in [-0.2, -0.15) is 0 Å². The molecule has 0 aliphatic rings. The summed E-state index contributed by atoms with van der Waals surface area (Å²) in [6.07, 6.45) is 1.68. The lowest BCUT2D eigenvalue weighted by Gasteiger charge is -2.12. The third-order valence-electron chi connectivity index (χ3n) is 2.74. The molecule has 1 aromatic carbocycles. The van der Waals surface area contributed by atoms with Gasteiger partial charge in [0.15, 0.2) is 0 Å². The molecule has 1 aromatic heterocycles. The van der Waals surface area contributed by atoms with Crippen molar-refractivity contribution in [3.8, 4) is 5.75 Å². The highest BCUT2D eigenvalue weighted by molar-refractivity contribution is 6.01. The van der Waals surface area contributed by atoms with E-state index in [1.165, 1.54) is 0 Å². The third kappa shape index (κ3) is 3.26. The smallest absolute Gasteiger partial charge is 0.257 e. The molecule has 0 aliphatic carbocycles. The zero-order valence-corrected chi connectivity index (χ0v) is 11.3. The number of nitrogens with one attached hydrogen (secondary N) is 1. The van der Waals surface area contributed by atoms with E-state index in [2.05, 4.69) is 10.3 Å². The minimum atomic E-state index is -0.266. The normalized spacial score (nSPS) is 10.1. The Morgan fingerprint density at radius 2 is 2.15 bits per heavy atom. The van der Waals surface area contributed by atoms with Crippen LogP contribution in [0.3, 0.4) is 0 Å². The van der Waals surface area contributed by atoms with Gasteiger partial charge in [0, 0.05) is 11.9 Å². The minimum Gasteiger partial charge on any atom is -0.493 e. The van der Waals surface area contributed by atoms with E-state index in [0.717, 1.165) is 5.69 Å². The Bertz CT molecular complexity index is 585. The quantitative estimate of drug-likeness (QED) is 0.815. The molecule has 104 valence electrons. The maximum atomic E-state index is 12.2. The van der Waals surface area contributed by atoms with Gasteiger partial charge >= 0.3 is 0 Å². The molecular formula is C15H17N3O2. The molecule has 5 heteroatoms. The predicted octanol–water partition coefficient (Wildman–Crippen LogP) is 1.99. The number of amides is 1. The van der Waals surface area contributed by atoms with Crippen molar-refractivity contribution in [2.45, 2.75) is 13.5 Å². The Morgan fingerprint density at radius 3 is 2.85 bits per heavy atom. The van der Waals surface area contributed by atoms with Gasteiger partial charge in [-0.15, -0.1) is 0 Å². The van der Waals surface area contributed by atoms with E-state index in [-0.39, 0.29) is 5.91 Å². The first-order chi connectivity index (χ1) is 9.72. The zero-order chi connectivity index (χ0) is 14.4. The summed E-state index contributed by atoms with van der Waals surface area (Å²) >= 11 is 0. The van der Waals surface area contributed by atoms with Crippen LogP contribution in [0, 0.1) is 0 Å². The summed E-state index contributed by atoms with van der Waals surface area (Å²) in [7, 11) is 0. The average molecular weight is 271 g/mol. The maximum absolute atomic E-state index is 12.2. The van der Waals surface area contributed by atoms with Crippen molar-refractivity contribution >= 4 is 11.6 Å². The van der Waals surface area contributed by atoms with E-state index in [4.69, 9.17) is 10.5 Å².